The first-order valence-corrected chi connectivity index (χ1v) is 7.70. The van der Waals surface area contributed by atoms with Crippen molar-refractivity contribution < 1.29 is 14.3 Å². The van der Waals surface area contributed by atoms with Crippen molar-refractivity contribution in [2.75, 3.05) is 6.61 Å². The summed E-state index contributed by atoms with van der Waals surface area (Å²) >= 11 is 0. The molecule has 2 heterocycles. The quantitative estimate of drug-likeness (QED) is 0.629. The number of Topliss-reactive ketones (excluding diaryl/α,β-unsaturated/α-hetero) is 1. The summed E-state index contributed by atoms with van der Waals surface area (Å²) in [4.78, 5) is 26.8. The molecular weight excluding hydrogens is 266 g/mol. The predicted molar refractivity (Wildman–Crippen MR) is 78.5 cm³/mol. The number of rotatable bonds is 4. The lowest BCUT2D eigenvalue weighted by atomic mass is 9.89. The van der Waals surface area contributed by atoms with Crippen molar-refractivity contribution in [1.29, 1.82) is 0 Å². The van der Waals surface area contributed by atoms with Crippen molar-refractivity contribution >= 4 is 11.8 Å². The Kier molecular flexibility index (Phi) is 4.06. The second-order valence-corrected chi connectivity index (χ2v) is 5.85. The Morgan fingerprint density at radius 2 is 2.05 bits per heavy atom. The topological polar surface area (TPSA) is 46.6 Å². The molecule has 2 bridgehead atoms. The average molecular weight is 287 g/mol. The summed E-state index contributed by atoms with van der Waals surface area (Å²) < 4.78 is 5.05. The van der Waals surface area contributed by atoms with E-state index in [-0.39, 0.29) is 17.8 Å². The number of hydrogen-bond donors (Lipinski definition) is 0. The van der Waals surface area contributed by atoms with Gasteiger partial charge in [-0.05, 0) is 31.7 Å². The number of ether oxygens (including phenoxy) is 1. The maximum atomic E-state index is 12.6. The van der Waals surface area contributed by atoms with Gasteiger partial charge in [0.25, 0.3) is 0 Å². The predicted octanol–water partition coefficient (Wildman–Crippen LogP) is 2.17. The summed E-state index contributed by atoms with van der Waals surface area (Å²) in [5, 5.41) is 0. The van der Waals surface area contributed by atoms with Gasteiger partial charge in [0.2, 0.25) is 0 Å². The Labute approximate surface area is 125 Å². The summed E-state index contributed by atoms with van der Waals surface area (Å²) in [5.74, 6) is -0.827. The Morgan fingerprint density at radius 3 is 2.76 bits per heavy atom. The molecule has 1 unspecified atom stereocenters. The van der Waals surface area contributed by atoms with E-state index in [9.17, 15) is 9.59 Å². The molecule has 112 valence electrons. The first kappa shape index (κ1) is 14.3. The number of benzene rings is 1. The van der Waals surface area contributed by atoms with E-state index < -0.39 is 5.92 Å². The van der Waals surface area contributed by atoms with Gasteiger partial charge in [-0.2, -0.15) is 0 Å². The Morgan fingerprint density at radius 1 is 1.29 bits per heavy atom. The van der Waals surface area contributed by atoms with Crippen molar-refractivity contribution in [3.05, 3.63) is 35.9 Å². The Hall–Kier alpha value is -1.68. The van der Waals surface area contributed by atoms with Crippen LogP contribution in [0.25, 0.3) is 0 Å². The van der Waals surface area contributed by atoms with Gasteiger partial charge < -0.3 is 4.74 Å². The minimum atomic E-state index is -0.547. The molecule has 0 radical (unpaired) electrons. The molecule has 2 aliphatic rings. The van der Waals surface area contributed by atoms with E-state index in [4.69, 9.17) is 4.74 Å². The van der Waals surface area contributed by atoms with Gasteiger partial charge in [0.1, 0.15) is 5.92 Å². The lowest BCUT2D eigenvalue weighted by molar-refractivity contribution is -0.155. The summed E-state index contributed by atoms with van der Waals surface area (Å²) in [7, 11) is 0. The standard InChI is InChI=1S/C17H21NO3/c1-2-21-17(20)14-10-13-8-9-15(16(14)19)18(13)11-12-6-4-3-5-7-12/h3-7,13-15H,2,8-11H2,1H3/t13-,14?,15+/m0/s1. The number of piperidine rings is 1. The molecule has 4 nitrogen and oxygen atoms in total. The highest BCUT2D eigenvalue weighted by molar-refractivity contribution is 6.02. The van der Waals surface area contributed by atoms with Crippen LogP contribution in [0.15, 0.2) is 30.3 Å². The molecule has 0 amide bonds. The third-order valence-corrected chi connectivity index (χ3v) is 4.60. The molecule has 2 fully saturated rings. The van der Waals surface area contributed by atoms with Gasteiger partial charge in [-0.3, -0.25) is 14.5 Å². The number of ketones is 1. The van der Waals surface area contributed by atoms with Gasteiger partial charge in [0.15, 0.2) is 5.78 Å². The van der Waals surface area contributed by atoms with E-state index in [0.29, 0.717) is 19.1 Å². The molecule has 0 aliphatic carbocycles. The zero-order valence-electron chi connectivity index (χ0n) is 12.3. The summed E-state index contributed by atoms with van der Waals surface area (Å²) in [5.41, 5.74) is 1.22. The minimum absolute atomic E-state index is 0.0538. The van der Waals surface area contributed by atoms with E-state index in [2.05, 4.69) is 17.0 Å². The number of carbonyl (C=O) groups is 2. The SMILES string of the molecule is CCOC(=O)C1C[C@@H]2CC[C@H](C1=O)N2Cc1ccccc1. The second kappa shape index (κ2) is 5.98. The van der Waals surface area contributed by atoms with Crippen LogP contribution in [-0.4, -0.2) is 35.3 Å². The molecule has 3 atom stereocenters. The lowest BCUT2D eigenvalue weighted by Crippen LogP contribution is -2.51. The third kappa shape index (κ3) is 2.72. The fraction of sp³-hybridized carbons (Fsp3) is 0.529. The highest BCUT2D eigenvalue weighted by atomic mass is 16.5. The second-order valence-electron chi connectivity index (χ2n) is 5.85. The van der Waals surface area contributed by atoms with Crippen LogP contribution in [0.5, 0.6) is 0 Å². The fourth-order valence-corrected chi connectivity index (χ4v) is 3.60. The van der Waals surface area contributed by atoms with Crippen molar-refractivity contribution in [1.82, 2.24) is 4.90 Å². The van der Waals surface area contributed by atoms with Crippen molar-refractivity contribution in [3.8, 4) is 0 Å². The normalized spacial score (nSPS) is 28.6. The number of hydrogen-bond acceptors (Lipinski definition) is 4. The molecule has 0 saturated carbocycles. The molecule has 0 N–H and O–H groups in total. The van der Waals surface area contributed by atoms with E-state index >= 15 is 0 Å². The van der Waals surface area contributed by atoms with Crippen molar-refractivity contribution in [3.63, 3.8) is 0 Å². The first-order chi connectivity index (χ1) is 10.2. The van der Waals surface area contributed by atoms with Gasteiger partial charge in [0.05, 0.1) is 12.6 Å². The van der Waals surface area contributed by atoms with Crippen LogP contribution in [0.2, 0.25) is 0 Å². The molecule has 3 rings (SSSR count). The number of fused-ring (bicyclic) bond motifs is 2. The van der Waals surface area contributed by atoms with E-state index in [1.165, 1.54) is 5.56 Å². The zero-order valence-corrected chi connectivity index (χ0v) is 12.3. The van der Waals surface area contributed by atoms with Crippen LogP contribution in [0.3, 0.4) is 0 Å². The van der Waals surface area contributed by atoms with Gasteiger partial charge >= 0.3 is 5.97 Å². The molecule has 0 aromatic heterocycles. The van der Waals surface area contributed by atoms with Crippen LogP contribution >= 0.6 is 0 Å². The smallest absolute Gasteiger partial charge is 0.316 e. The zero-order chi connectivity index (χ0) is 14.8. The number of carbonyl (C=O) groups excluding carboxylic acids is 2. The third-order valence-electron chi connectivity index (χ3n) is 4.60. The highest BCUT2D eigenvalue weighted by Crippen LogP contribution is 2.38. The maximum absolute atomic E-state index is 12.6. The van der Waals surface area contributed by atoms with Crippen LogP contribution in [0.1, 0.15) is 31.7 Å². The lowest BCUT2D eigenvalue weighted by Gasteiger charge is -2.36. The molecule has 4 heteroatoms. The summed E-state index contributed by atoms with van der Waals surface area (Å²) in [6.45, 7) is 2.91. The number of esters is 1. The van der Waals surface area contributed by atoms with E-state index in [1.807, 2.05) is 18.2 Å². The van der Waals surface area contributed by atoms with Gasteiger partial charge in [-0.1, -0.05) is 30.3 Å². The monoisotopic (exact) mass is 287 g/mol. The van der Waals surface area contributed by atoms with Gasteiger partial charge in [0, 0.05) is 12.6 Å². The Bertz CT molecular complexity index is 528. The number of nitrogens with zero attached hydrogens (tertiary/aromatic N) is 1. The van der Waals surface area contributed by atoms with Gasteiger partial charge in [-0.25, -0.2) is 0 Å². The minimum Gasteiger partial charge on any atom is -0.465 e. The van der Waals surface area contributed by atoms with Crippen LogP contribution < -0.4 is 0 Å². The average Bonchev–Trinajstić information content (AvgIpc) is 2.78. The first-order valence-electron chi connectivity index (χ1n) is 7.70. The molecular formula is C17H21NO3. The van der Waals surface area contributed by atoms with Crippen LogP contribution in [-0.2, 0) is 20.9 Å². The van der Waals surface area contributed by atoms with E-state index in [0.717, 1.165) is 19.4 Å². The molecule has 2 saturated heterocycles. The Balaban J connectivity index is 1.73. The van der Waals surface area contributed by atoms with Crippen LogP contribution in [0, 0.1) is 5.92 Å². The summed E-state index contributed by atoms with van der Waals surface area (Å²) in [6, 6.07) is 10.4. The van der Waals surface area contributed by atoms with Crippen LogP contribution in [0.4, 0.5) is 0 Å². The van der Waals surface area contributed by atoms with E-state index in [1.54, 1.807) is 6.92 Å². The molecule has 21 heavy (non-hydrogen) atoms. The largest absolute Gasteiger partial charge is 0.465 e. The van der Waals surface area contributed by atoms with Gasteiger partial charge in [-0.15, -0.1) is 0 Å². The molecule has 2 aliphatic heterocycles. The van der Waals surface area contributed by atoms with Crippen molar-refractivity contribution in [2.45, 2.75) is 44.8 Å². The van der Waals surface area contributed by atoms with Crippen molar-refractivity contribution in [2.24, 2.45) is 5.92 Å². The summed E-state index contributed by atoms with van der Waals surface area (Å²) in [6.07, 6.45) is 2.48. The molecule has 1 aromatic rings. The maximum Gasteiger partial charge on any atom is 0.316 e. The highest BCUT2D eigenvalue weighted by Gasteiger charge is 2.49. The molecule has 0 spiro atoms. The molecule has 1 aromatic carbocycles. The fourth-order valence-electron chi connectivity index (χ4n) is 3.60.